The van der Waals surface area contributed by atoms with Crippen molar-refractivity contribution < 1.29 is 4.74 Å². The van der Waals surface area contributed by atoms with Gasteiger partial charge in [-0.05, 0) is 41.9 Å². The van der Waals surface area contributed by atoms with Crippen molar-refractivity contribution in [2.24, 2.45) is 0 Å². The van der Waals surface area contributed by atoms with Crippen LogP contribution in [0.4, 0.5) is 5.82 Å². The van der Waals surface area contributed by atoms with Gasteiger partial charge in [-0.15, -0.1) is 0 Å². The lowest BCUT2D eigenvalue weighted by atomic mass is 10.2. The van der Waals surface area contributed by atoms with Crippen LogP contribution in [0.1, 0.15) is 25.8 Å². The van der Waals surface area contributed by atoms with Crippen molar-refractivity contribution in [2.75, 3.05) is 32.2 Å². The van der Waals surface area contributed by atoms with Crippen LogP contribution in [0.15, 0.2) is 16.7 Å². The molecular weight excluding hydrogens is 306 g/mol. The average molecular weight is 330 g/mol. The van der Waals surface area contributed by atoms with Crippen molar-refractivity contribution in [1.82, 2.24) is 10.3 Å². The summed E-state index contributed by atoms with van der Waals surface area (Å²) in [7, 11) is 3.78. The molecule has 0 radical (unpaired) electrons. The number of hydrogen-bond acceptors (Lipinski definition) is 4. The number of ether oxygens (including phenoxy) is 1. The van der Waals surface area contributed by atoms with E-state index in [1.54, 1.807) is 7.11 Å². The van der Waals surface area contributed by atoms with Gasteiger partial charge in [0, 0.05) is 36.9 Å². The van der Waals surface area contributed by atoms with Crippen molar-refractivity contribution in [1.29, 1.82) is 0 Å². The van der Waals surface area contributed by atoms with Gasteiger partial charge in [0.15, 0.2) is 0 Å². The van der Waals surface area contributed by atoms with Crippen molar-refractivity contribution in [2.45, 2.75) is 32.9 Å². The van der Waals surface area contributed by atoms with E-state index >= 15 is 0 Å². The first kappa shape index (κ1) is 16.4. The third kappa shape index (κ3) is 5.09. The van der Waals surface area contributed by atoms with E-state index in [9.17, 15) is 0 Å². The minimum absolute atomic E-state index is 0.295. The van der Waals surface area contributed by atoms with Crippen LogP contribution in [0.3, 0.4) is 0 Å². The van der Waals surface area contributed by atoms with E-state index in [2.05, 4.69) is 58.1 Å². The molecule has 4 nitrogen and oxygen atoms in total. The summed E-state index contributed by atoms with van der Waals surface area (Å²) in [5.41, 5.74) is 1.20. The van der Waals surface area contributed by atoms with Crippen molar-refractivity contribution in [3.05, 3.63) is 22.3 Å². The molecule has 1 aromatic rings. The van der Waals surface area contributed by atoms with Crippen LogP contribution in [-0.4, -0.2) is 38.3 Å². The number of pyridine rings is 1. The number of anilines is 1. The molecule has 1 N–H and O–H groups in total. The van der Waals surface area contributed by atoms with E-state index in [4.69, 9.17) is 4.74 Å². The number of nitrogens with zero attached hydrogens (tertiary/aromatic N) is 2. The summed E-state index contributed by atoms with van der Waals surface area (Å²) < 4.78 is 6.23. The Bertz CT molecular complexity index is 387. The maximum absolute atomic E-state index is 5.21. The molecule has 0 aliphatic carbocycles. The van der Waals surface area contributed by atoms with Gasteiger partial charge in [-0.1, -0.05) is 6.92 Å². The number of hydrogen-bond donors (Lipinski definition) is 1. The fourth-order valence-electron chi connectivity index (χ4n) is 1.88. The van der Waals surface area contributed by atoms with Gasteiger partial charge in [-0.2, -0.15) is 0 Å². The molecule has 5 heteroatoms. The number of aromatic nitrogens is 1. The molecule has 1 rings (SSSR count). The highest BCUT2D eigenvalue weighted by Crippen LogP contribution is 2.22. The molecule has 0 fully saturated rings. The van der Waals surface area contributed by atoms with Gasteiger partial charge in [0.2, 0.25) is 0 Å². The molecule has 1 unspecified atom stereocenters. The zero-order valence-electron chi connectivity index (χ0n) is 12.2. The second-order valence-corrected chi connectivity index (χ2v) is 5.64. The van der Waals surface area contributed by atoms with Crippen LogP contribution in [0.2, 0.25) is 0 Å². The number of nitrogens with one attached hydrogen (secondary N) is 1. The fourth-order valence-corrected chi connectivity index (χ4v) is 2.26. The molecule has 0 spiro atoms. The SMILES string of the molecule is CCCNCc1cc(Br)cnc1N(C)C(C)COC. The highest BCUT2D eigenvalue weighted by molar-refractivity contribution is 9.10. The molecule has 1 atom stereocenters. The minimum Gasteiger partial charge on any atom is -0.383 e. The Kier molecular flexibility index (Phi) is 7.34. The maximum atomic E-state index is 5.21. The van der Waals surface area contributed by atoms with Crippen LogP contribution in [0.25, 0.3) is 0 Å². The molecule has 108 valence electrons. The first-order valence-electron chi connectivity index (χ1n) is 6.67. The molecular formula is C14H24BrN3O. The Morgan fingerprint density at radius 1 is 1.53 bits per heavy atom. The summed E-state index contributed by atoms with van der Waals surface area (Å²) in [5, 5.41) is 3.43. The third-order valence-electron chi connectivity index (χ3n) is 3.05. The normalized spacial score (nSPS) is 12.5. The van der Waals surface area contributed by atoms with Gasteiger partial charge in [0.25, 0.3) is 0 Å². The molecule has 0 saturated heterocycles. The molecule has 0 aliphatic rings. The van der Waals surface area contributed by atoms with Crippen LogP contribution in [0, 0.1) is 0 Å². The lowest BCUT2D eigenvalue weighted by molar-refractivity contribution is 0.183. The Labute approximate surface area is 124 Å². The second-order valence-electron chi connectivity index (χ2n) is 4.73. The Hall–Kier alpha value is -0.650. The Morgan fingerprint density at radius 2 is 2.26 bits per heavy atom. The average Bonchev–Trinajstić information content (AvgIpc) is 2.39. The van der Waals surface area contributed by atoms with Crippen molar-refractivity contribution in [3.63, 3.8) is 0 Å². The smallest absolute Gasteiger partial charge is 0.133 e. The van der Waals surface area contributed by atoms with Gasteiger partial charge < -0.3 is 15.0 Å². The van der Waals surface area contributed by atoms with Gasteiger partial charge in [-0.3, -0.25) is 0 Å². The predicted octanol–water partition coefficient (Wildman–Crippen LogP) is 2.81. The highest BCUT2D eigenvalue weighted by Gasteiger charge is 2.15. The lowest BCUT2D eigenvalue weighted by Crippen LogP contribution is -2.34. The van der Waals surface area contributed by atoms with Crippen LogP contribution in [-0.2, 0) is 11.3 Å². The molecule has 0 aliphatic heterocycles. The van der Waals surface area contributed by atoms with Crippen LogP contribution in [0.5, 0.6) is 0 Å². The van der Waals surface area contributed by atoms with Gasteiger partial charge in [-0.25, -0.2) is 4.98 Å². The predicted molar refractivity (Wildman–Crippen MR) is 83.7 cm³/mol. The first-order valence-corrected chi connectivity index (χ1v) is 7.46. The zero-order valence-corrected chi connectivity index (χ0v) is 13.8. The lowest BCUT2D eigenvalue weighted by Gasteiger charge is -2.27. The summed E-state index contributed by atoms with van der Waals surface area (Å²) in [4.78, 5) is 6.71. The molecule has 1 heterocycles. The molecule has 0 saturated carbocycles. The third-order valence-corrected chi connectivity index (χ3v) is 3.49. The number of halogens is 1. The van der Waals surface area contributed by atoms with E-state index < -0.39 is 0 Å². The minimum atomic E-state index is 0.295. The highest BCUT2D eigenvalue weighted by atomic mass is 79.9. The fraction of sp³-hybridized carbons (Fsp3) is 0.643. The quantitative estimate of drug-likeness (QED) is 0.744. The monoisotopic (exact) mass is 329 g/mol. The summed E-state index contributed by atoms with van der Waals surface area (Å²) >= 11 is 3.49. The largest absolute Gasteiger partial charge is 0.383 e. The maximum Gasteiger partial charge on any atom is 0.133 e. The van der Waals surface area contributed by atoms with E-state index in [-0.39, 0.29) is 0 Å². The summed E-state index contributed by atoms with van der Waals surface area (Å²) in [5.74, 6) is 1.01. The Balaban J connectivity index is 2.85. The summed E-state index contributed by atoms with van der Waals surface area (Å²) in [6.07, 6.45) is 2.97. The van der Waals surface area contributed by atoms with E-state index in [1.165, 1.54) is 5.56 Å². The number of rotatable bonds is 8. The van der Waals surface area contributed by atoms with Crippen LogP contribution >= 0.6 is 15.9 Å². The Morgan fingerprint density at radius 3 is 2.89 bits per heavy atom. The molecule has 0 amide bonds. The van der Waals surface area contributed by atoms with Crippen molar-refractivity contribution in [3.8, 4) is 0 Å². The second kappa shape index (κ2) is 8.51. The molecule has 19 heavy (non-hydrogen) atoms. The van der Waals surface area contributed by atoms with Gasteiger partial charge >= 0.3 is 0 Å². The van der Waals surface area contributed by atoms with E-state index in [1.807, 2.05) is 6.20 Å². The summed E-state index contributed by atoms with van der Waals surface area (Å²) in [6.45, 7) is 6.84. The van der Waals surface area contributed by atoms with Gasteiger partial charge in [0.05, 0.1) is 12.6 Å². The topological polar surface area (TPSA) is 37.4 Å². The van der Waals surface area contributed by atoms with Gasteiger partial charge in [0.1, 0.15) is 5.82 Å². The summed E-state index contributed by atoms with van der Waals surface area (Å²) in [6, 6.07) is 2.42. The molecule has 0 bridgehead atoms. The number of methoxy groups -OCH3 is 1. The van der Waals surface area contributed by atoms with Crippen molar-refractivity contribution >= 4 is 21.7 Å². The first-order chi connectivity index (χ1) is 9.10. The van der Waals surface area contributed by atoms with Crippen LogP contribution < -0.4 is 10.2 Å². The molecule has 0 aromatic carbocycles. The standard InChI is InChI=1S/C14H24BrN3O/c1-5-6-16-8-12-7-13(15)9-17-14(12)18(3)11(2)10-19-4/h7,9,11,16H,5-6,8,10H2,1-4H3. The molecule has 1 aromatic heterocycles. The van der Waals surface area contributed by atoms with E-state index in [0.29, 0.717) is 12.6 Å². The zero-order chi connectivity index (χ0) is 14.3. The number of likely N-dealkylation sites (N-methyl/N-ethyl adjacent to an activating group) is 1. The van der Waals surface area contributed by atoms with E-state index in [0.717, 1.165) is 29.8 Å².